The second kappa shape index (κ2) is 16.6. The van der Waals surface area contributed by atoms with E-state index in [4.69, 9.17) is 29.4 Å². The number of carbonyl (C=O) groups is 2. The molecule has 12 heteroatoms. The number of benzene rings is 1. The highest BCUT2D eigenvalue weighted by Crippen LogP contribution is 2.69. The Balaban J connectivity index is 1.76. The SMILES string of the molecule is COC(=O)/C(C)=C\CC12OC(C)(C)C(C)C13Oc1c(CC=C(C)C)c4c(c(OCCNCCO)c1C1=C3C(C(C#N)=C(N)N1C)C(C)C2=O)C=CC(C)(CCC=C(C)C)O4. The minimum Gasteiger partial charge on any atom is -0.491 e. The molecule has 5 aliphatic rings. The molecule has 0 aromatic heterocycles. The number of aliphatic hydroxyl groups is 1. The highest BCUT2D eigenvalue weighted by molar-refractivity contribution is 6.00. The first-order valence-electron chi connectivity index (χ1n) is 21.2. The Labute approximate surface area is 355 Å². The van der Waals surface area contributed by atoms with E-state index < -0.39 is 46.1 Å². The van der Waals surface area contributed by atoms with E-state index in [0.717, 1.165) is 35.1 Å². The number of nitrogens with one attached hydrogen (secondary N) is 1. The molecule has 0 bridgehead atoms. The fourth-order valence-electron chi connectivity index (χ4n) is 9.88. The minimum atomic E-state index is -1.65. The zero-order chi connectivity index (χ0) is 44.1. The van der Waals surface area contributed by atoms with Crippen molar-refractivity contribution in [3.05, 3.63) is 74.7 Å². The zero-order valence-corrected chi connectivity index (χ0v) is 37.6. The molecule has 6 rings (SSSR count). The number of nitriles is 1. The van der Waals surface area contributed by atoms with Gasteiger partial charge >= 0.3 is 5.97 Å². The summed E-state index contributed by atoms with van der Waals surface area (Å²) in [6, 6.07) is 2.39. The van der Waals surface area contributed by atoms with Gasteiger partial charge in [-0.2, -0.15) is 5.26 Å². The van der Waals surface area contributed by atoms with E-state index in [1.54, 1.807) is 13.0 Å². The summed E-state index contributed by atoms with van der Waals surface area (Å²) in [5, 5.41) is 23.6. The lowest BCUT2D eigenvalue weighted by Crippen LogP contribution is -2.71. The third kappa shape index (κ3) is 7.06. The number of esters is 1. The number of allylic oxidation sites excluding steroid dienone is 5. The molecular formula is C48H64N4O8. The summed E-state index contributed by atoms with van der Waals surface area (Å²) in [6.07, 6.45) is 12.2. The molecule has 4 N–H and O–H groups in total. The van der Waals surface area contributed by atoms with Crippen LogP contribution in [0.4, 0.5) is 0 Å². The molecule has 12 nitrogen and oxygen atoms in total. The Morgan fingerprint density at radius 1 is 1.07 bits per heavy atom. The van der Waals surface area contributed by atoms with Crippen LogP contribution in [-0.4, -0.2) is 84.6 Å². The smallest absolute Gasteiger partial charge is 0.333 e. The summed E-state index contributed by atoms with van der Waals surface area (Å²) < 4.78 is 34.1. The molecule has 1 saturated carbocycles. The van der Waals surface area contributed by atoms with Crippen molar-refractivity contribution in [2.24, 2.45) is 23.5 Å². The maximum atomic E-state index is 15.5. The van der Waals surface area contributed by atoms with Crippen LogP contribution >= 0.6 is 0 Å². The van der Waals surface area contributed by atoms with Crippen molar-refractivity contribution >= 4 is 23.5 Å². The summed E-state index contributed by atoms with van der Waals surface area (Å²) >= 11 is 0. The number of carbonyl (C=O) groups excluding carboxylic acids is 2. The van der Waals surface area contributed by atoms with Gasteiger partial charge in [0, 0.05) is 61.0 Å². The molecule has 1 aromatic rings. The van der Waals surface area contributed by atoms with E-state index in [1.165, 1.54) is 12.7 Å². The van der Waals surface area contributed by atoms with E-state index in [1.807, 2.05) is 53.5 Å². The van der Waals surface area contributed by atoms with Crippen molar-refractivity contribution in [3.63, 3.8) is 0 Å². The van der Waals surface area contributed by atoms with Gasteiger partial charge in [-0.1, -0.05) is 43.2 Å². The van der Waals surface area contributed by atoms with Gasteiger partial charge < -0.3 is 44.7 Å². The molecule has 60 heavy (non-hydrogen) atoms. The van der Waals surface area contributed by atoms with Gasteiger partial charge in [-0.3, -0.25) is 4.79 Å². The summed E-state index contributed by atoms with van der Waals surface area (Å²) in [5.74, 6) is -0.875. The first-order valence-corrected chi connectivity index (χ1v) is 21.2. The highest BCUT2D eigenvalue weighted by Gasteiger charge is 2.79. The van der Waals surface area contributed by atoms with E-state index in [9.17, 15) is 15.2 Å². The van der Waals surface area contributed by atoms with Crippen molar-refractivity contribution in [2.75, 3.05) is 40.5 Å². The third-order valence-corrected chi connectivity index (χ3v) is 13.2. The average molecular weight is 825 g/mol. The van der Waals surface area contributed by atoms with Gasteiger partial charge in [0.15, 0.2) is 17.0 Å². The topological polar surface area (TPSA) is 166 Å². The lowest BCUT2D eigenvalue weighted by Gasteiger charge is -2.58. The number of Topliss-reactive ketones (excluding diaryl/α,β-unsaturated/α-hetero) is 1. The summed E-state index contributed by atoms with van der Waals surface area (Å²) in [4.78, 5) is 30.2. The van der Waals surface area contributed by atoms with Gasteiger partial charge in [0.1, 0.15) is 35.3 Å². The Bertz CT molecular complexity index is 2180. The number of hydrogen-bond donors (Lipinski definition) is 3. The summed E-state index contributed by atoms with van der Waals surface area (Å²) in [5.41, 5.74) is 8.78. The van der Waals surface area contributed by atoms with Crippen molar-refractivity contribution < 1.29 is 38.4 Å². The number of aliphatic hydroxyl groups excluding tert-OH is 1. The van der Waals surface area contributed by atoms with Gasteiger partial charge in [0.25, 0.3) is 0 Å². The Morgan fingerprint density at radius 2 is 1.77 bits per heavy atom. The lowest BCUT2D eigenvalue weighted by molar-refractivity contribution is -0.176. The normalized spacial score (nSPS) is 28.4. The number of ketones is 1. The number of ether oxygens (including phenoxy) is 5. The molecule has 6 unspecified atom stereocenters. The molecule has 324 valence electrons. The highest BCUT2D eigenvalue weighted by atomic mass is 16.6. The van der Waals surface area contributed by atoms with Crippen molar-refractivity contribution in [1.82, 2.24) is 10.2 Å². The van der Waals surface area contributed by atoms with Crippen LogP contribution in [0.3, 0.4) is 0 Å². The largest absolute Gasteiger partial charge is 0.491 e. The predicted octanol–water partition coefficient (Wildman–Crippen LogP) is 7.08. The molecule has 0 amide bonds. The number of nitrogens with two attached hydrogens (primary N) is 1. The van der Waals surface area contributed by atoms with Crippen LogP contribution in [0.15, 0.2) is 58.0 Å². The van der Waals surface area contributed by atoms with Crippen LogP contribution < -0.4 is 25.3 Å². The van der Waals surface area contributed by atoms with Crippen molar-refractivity contribution in [1.29, 1.82) is 5.26 Å². The molecule has 0 radical (unpaired) electrons. The standard InChI is InChI=1S/C48H64N4O8/c1-27(2)14-13-19-46(10)20-18-33-39(58-46)32(16-15-28(3)4)41-36(40(33)57-25-23-51-22-24-53)38-37-35(34(26-49)43(50)52(38)11)30(6)42(54)47(21-17-29(5)44(55)56-12)48(37,59-41)31(7)45(8,9)60-47/h14-15,17-18,20,30-31,35,51,53H,13,16,19,21-25,50H2,1-12H3/b29-17-. The maximum Gasteiger partial charge on any atom is 0.333 e. The third-order valence-electron chi connectivity index (χ3n) is 13.2. The number of methoxy groups -OCH3 is 1. The van der Waals surface area contributed by atoms with Gasteiger partial charge in [-0.25, -0.2) is 4.79 Å². The van der Waals surface area contributed by atoms with Gasteiger partial charge in [0.05, 0.1) is 47.8 Å². The molecule has 2 fully saturated rings. The zero-order valence-electron chi connectivity index (χ0n) is 37.6. The first-order chi connectivity index (χ1) is 28.3. The van der Waals surface area contributed by atoms with Gasteiger partial charge in [-0.15, -0.1) is 0 Å². The summed E-state index contributed by atoms with van der Waals surface area (Å²) in [7, 11) is 3.17. The molecule has 1 spiro atoms. The molecule has 6 atom stereocenters. The van der Waals surface area contributed by atoms with Crippen LogP contribution in [0.1, 0.15) is 105 Å². The average Bonchev–Trinajstić information content (AvgIpc) is 3.37. The monoisotopic (exact) mass is 824 g/mol. The van der Waals surface area contributed by atoms with Crippen LogP contribution in [-0.2, 0) is 25.5 Å². The number of rotatable bonds is 14. The van der Waals surface area contributed by atoms with E-state index >= 15 is 4.79 Å². The predicted molar refractivity (Wildman–Crippen MR) is 232 cm³/mol. The second-order valence-corrected chi connectivity index (χ2v) is 18.2. The first kappa shape index (κ1) is 44.7. The fourth-order valence-corrected chi connectivity index (χ4v) is 9.88. The van der Waals surface area contributed by atoms with Crippen molar-refractivity contribution in [2.45, 2.75) is 117 Å². The maximum absolute atomic E-state index is 15.5. The van der Waals surface area contributed by atoms with Crippen LogP contribution in [0.2, 0.25) is 0 Å². The molecule has 4 heterocycles. The second-order valence-electron chi connectivity index (χ2n) is 18.2. The van der Waals surface area contributed by atoms with Gasteiger partial charge in [-0.05, 0) is 86.8 Å². The Hall–Kier alpha value is -4.83. The van der Waals surface area contributed by atoms with Crippen LogP contribution in [0.5, 0.6) is 17.2 Å². The Kier molecular flexibility index (Phi) is 12.3. The van der Waals surface area contributed by atoms with Crippen LogP contribution in [0, 0.1) is 29.1 Å². The number of fused-ring (bicyclic) bond motifs is 3. The number of nitrogens with zero attached hydrogens (tertiary/aromatic N) is 2. The van der Waals surface area contributed by atoms with E-state index in [0.29, 0.717) is 53.6 Å². The van der Waals surface area contributed by atoms with Crippen LogP contribution in [0.25, 0.3) is 11.8 Å². The van der Waals surface area contributed by atoms with E-state index in [2.05, 4.69) is 56.5 Å². The van der Waals surface area contributed by atoms with Gasteiger partial charge in [0.2, 0.25) is 0 Å². The van der Waals surface area contributed by atoms with E-state index in [-0.39, 0.29) is 36.8 Å². The molecule has 4 aliphatic heterocycles. The lowest BCUT2D eigenvalue weighted by atomic mass is 9.52. The van der Waals surface area contributed by atoms with Crippen molar-refractivity contribution in [3.8, 4) is 23.3 Å². The molecule has 1 aromatic carbocycles. The minimum absolute atomic E-state index is 0.00427. The fraction of sp³-hybridized carbons (Fsp3) is 0.562. The molecular weight excluding hydrogens is 761 g/mol. The summed E-state index contributed by atoms with van der Waals surface area (Å²) in [6.45, 7) is 20.9. The number of hydrogen-bond acceptors (Lipinski definition) is 12. The molecule has 1 saturated heterocycles. The quantitative estimate of drug-likeness (QED) is 0.0757. The molecule has 1 aliphatic carbocycles. The Morgan fingerprint density at radius 3 is 2.40 bits per heavy atom.